The van der Waals surface area contributed by atoms with Crippen LogP contribution in [0.1, 0.15) is 32.1 Å². The average Bonchev–Trinajstić information content (AvgIpc) is 2.70. The molecular weight excluding hydrogens is 126 g/mol. The molecule has 2 saturated carbocycles. The third-order valence-electron chi connectivity index (χ3n) is 2.43. The Balaban J connectivity index is 1.54. The summed E-state index contributed by atoms with van der Waals surface area (Å²) < 4.78 is 0. The minimum absolute atomic E-state index is 0.248. The molecule has 2 heteroatoms. The summed E-state index contributed by atoms with van der Waals surface area (Å²) in [5.74, 6) is 0. The monoisotopic (exact) mass is 141 g/mol. The van der Waals surface area contributed by atoms with Gasteiger partial charge in [-0.25, -0.2) is 0 Å². The highest BCUT2D eigenvalue weighted by molar-refractivity contribution is 4.94. The molecule has 0 aromatic carbocycles. The van der Waals surface area contributed by atoms with E-state index in [1.54, 1.807) is 0 Å². The van der Waals surface area contributed by atoms with Crippen molar-refractivity contribution in [2.45, 2.75) is 43.7 Å². The Morgan fingerprint density at radius 2 is 2.10 bits per heavy atom. The van der Waals surface area contributed by atoms with Crippen molar-refractivity contribution in [2.24, 2.45) is 0 Å². The Kier molecular flexibility index (Phi) is 1.46. The Labute approximate surface area is 61.6 Å². The van der Waals surface area contributed by atoms with Gasteiger partial charge in [-0.2, -0.15) is 0 Å². The van der Waals surface area contributed by atoms with E-state index in [4.69, 9.17) is 0 Å². The van der Waals surface area contributed by atoms with Crippen LogP contribution >= 0.6 is 0 Å². The van der Waals surface area contributed by atoms with Gasteiger partial charge in [-0.3, -0.25) is 0 Å². The summed E-state index contributed by atoms with van der Waals surface area (Å²) in [5.41, 5.74) is -0.248. The summed E-state index contributed by atoms with van der Waals surface area (Å²) in [7, 11) is 0. The molecule has 0 unspecified atom stereocenters. The van der Waals surface area contributed by atoms with E-state index in [-0.39, 0.29) is 5.60 Å². The minimum Gasteiger partial charge on any atom is -0.390 e. The van der Waals surface area contributed by atoms with Gasteiger partial charge >= 0.3 is 0 Å². The summed E-state index contributed by atoms with van der Waals surface area (Å²) >= 11 is 0. The van der Waals surface area contributed by atoms with Gasteiger partial charge in [0, 0.05) is 6.04 Å². The van der Waals surface area contributed by atoms with E-state index in [0.717, 1.165) is 31.8 Å². The van der Waals surface area contributed by atoms with Crippen molar-refractivity contribution in [3.05, 3.63) is 0 Å². The molecule has 0 aromatic rings. The first-order chi connectivity index (χ1) is 4.79. The fourth-order valence-electron chi connectivity index (χ4n) is 1.19. The lowest BCUT2D eigenvalue weighted by Gasteiger charge is -2.06. The predicted octanol–water partition coefficient (Wildman–Crippen LogP) is 0.653. The number of hydrogen-bond acceptors (Lipinski definition) is 2. The van der Waals surface area contributed by atoms with Gasteiger partial charge in [0.15, 0.2) is 0 Å². The van der Waals surface area contributed by atoms with Crippen LogP contribution in [0.3, 0.4) is 0 Å². The topological polar surface area (TPSA) is 32.3 Å². The van der Waals surface area contributed by atoms with Crippen LogP contribution in [0.15, 0.2) is 0 Å². The highest BCUT2D eigenvalue weighted by Gasteiger charge is 2.39. The van der Waals surface area contributed by atoms with E-state index >= 15 is 0 Å². The summed E-state index contributed by atoms with van der Waals surface area (Å²) in [6.45, 7) is 1.02. The highest BCUT2D eigenvalue weighted by Crippen LogP contribution is 2.38. The third-order valence-corrected chi connectivity index (χ3v) is 2.43. The van der Waals surface area contributed by atoms with Crippen molar-refractivity contribution in [3.8, 4) is 0 Å². The maximum atomic E-state index is 9.42. The lowest BCUT2D eigenvalue weighted by molar-refractivity contribution is 0.139. The molecule has 0 radical (unpaired) electrons. The van der Waals surface area contributed by atoms with Gasteiger partial charge in [0.2, 0.25) is 0 Å². The largest absolute Gasteiger partial charge is 0.390 e. The number of aliphatic hydroxyl groups is 1. The van der Waals surface area contributed by atoms with Gasteiger partial charge in [0.05, 0.1) is 5.60 Å². The molecule has 2 fully saturated rings. The van der Waals surface area contributed by atoms with Crippen molar-refractivity contribution < 1.29 is 5.11 Å². The van der Waals surface area contributed by atoms with Crippen LogP contribution in [-0.2, 0) is 0 Å². The first kappa shape index (κ1) is 6.62. The molecule has 0 aliphatic heterocycles. The first-order valence-electron chi connectivity index (χ1n) is 4.24. The van der Waals surface area contributed by atoms with E-state index in [9.17, 15) is 5.11 Å². The number of rotatable bonds is 4. The molecule has 0 heterocycles. The second-order valence-electron chi connectivity index (χ2n) is 3.70. The third kappa shape index (κ3) is 1.70. The van der Waals surface area contributed by atoms with Crippen molar-refractivity contribution >= 4 is 0 Å². The van der Waals surface area contributed by atoms with Crippen LogP contribution in [0.5, 0.6) is 0 Å². The number of hydrogen-bond donors (Lipinski definition) is 2. The van der Waals surface area contributed by atoms with E-state index in [1.807, 2.05) is 0 Å². The molecule has 2 aliphatic carbocycles. The van der Waals surface area contributed by atoms with Gasteiger partial charge in [0.1, 0.15) is 0 Å². The highest BCUT2D eigenvalue weighted by atomic mass is 16.3. The van der Waals surface area contributed by atoms with E-state index in [0.29, 0.717) is 0 Å². The summed E-state index contributed by atoms with van der Waals surface area (Å²) in [5, 5.41) is 12.8. The molecule has 2 nitrogen and oxygen atoms in total. The van der Waals surface area contributed by atoms with Gasteiger partial charge in [-0.1, -0.05) is 0 Å². The lowest BCUT2D eigenvalue weighted by Crippen LogP contribution is -2.22. The van der Waals surface area contributed by atoms with E-state index in [1.165, 1.54) is 12.8 Å². The van der Waals surface area contributed by atoms with Crippen LogP contribution in [0.25, 0.3) is 0 Å². The van der Waals surface area contributed by atoms with Crippen molar-refractivity contribution in [2.75, 3.05) is 6.54 Å². The Morgan fingerprint density at radius 3 is 2.60 bits per heavy atom. The summed E-state index contributed by atoms with van der Waals surface area (Å²) in [6, 6.07) is 0.794. The van der Waals surface area contributed by atoms with Crippen LogP contribution < -0.4 is 5.32 Å². The van der Waals surface area contributed by atoms with Gasteiger partial charge in [-0.05, 0) is 38.6 Å². The summed E-state index contributed by atoms with van der Waals surface area (Å²) in [6.07, 6.45) is 5.71. The molecule has 0 amide bonds. The Bertz CT molecular complexity index is 127. The summed E-state index contributed by atoms with van der Waals surface area (Å²) in [4.78, 5) is 0. The lowest BCUT2D eigenvalue weighted by atomic mass is 10.2. The Hall–Kier alpha value is -0.0800. The van der Waals surface area contributed by atoms with E-state index < -0.39 is 0 Å². The molecule has 10 heavy (non-hydrogen) atoms. The fourth-order valence-corrected chi connectivity index (χ4v) is 1.19. The van der Waals surface area contributed by atoms with Crippen molar-refractivity contribution in [3.63, 3.8) is 0 Å². The molecule has 0 spiro atoms. The number of nitrogens with one attached hydrogen (secondary N) is 1. The van der Waals surface area contributed by atoms with Crippen LogP contribution in [0.4, 0.5) is 0 Å². The molecule has 0 aromatic heterocycles. The van der Waals surface area contributed by atoms with Crippen LogP contribution in [-0.4, -0.2) is 23.3 Å². The zero-order valence-corrected chi connectivity index (χ0v) is 6.27. The minimum atomic E-state index is -0.248. The normalized spacial score (nSPS) is 28.5. The maximum absolute atomic E-state index is 9.42. The zero-order chi connectivity index (χ0) is 7.03. The van der Waals surface area contributed by atoms with Gasteiger partial charge < -0.3 is 10.4 Å². The van der Waals surface area contributed by atoms with Gasteiger partial charge in [-0.15, -0.1) is 0 Å². The van der Waals surface area contributed by atoms with Gasteiger partial charge in [0.25, 0.3) is 0 Å². The second-order valence-corrected chi connectivity index (χ2v) is 3.70. The SMILES string of the molecule is OC1(CCNC2CC2)CC1. The average molecular weight is 141 g/mol. The molecule has 2 N–H and O–H groups in total. The first-order valence-corrected chi connectivity index (χ1v) is 4.24. The maximum Gasteiger partial charge on any atom is 0.0662 e. The second kappa shape index (κ2) is 2.21. The molecule has 0 saturated heterocycles. The Morgan fingerprint density at radius 1 is 1.40 bits per heavy atom. The standard InChI is InChI=1S/C8H15NO/c10-8(3-4-8)5-6-9-7-1-2-7/h7,9-10H,1-6H2. The molecule has 0 bridgehead atoms. The molecule has 58 valence electrons. The van der Waals surface area contributed by atoms with Crippen LogP contribution in [0.2, 0.25) is 0 Å². The van der Waals surface area contributed by atoms with Crippen molar-refractivity contribution in [1.82, 2.24) is 5.32 Å². The zero-order valence-electron chi connectivity index (χ0n) is 6.27. The molecular formula is C8H15NO. The quantitative estimate of drug-likeness (QED) is 0.602. The molecule has 0 atom stereocenters. The smallest absolute Gasteiger partial charge is 0.0662 e. The predicted molar refractivity (Wildman–Crippen MR) is 39.8 cm³/mol. The van der Waals surface area contributed by atoms with Crippen molar-refractivity contribution in [1.29, 1.82) is 0 Å². The van der Waals surface area contributed by atoms with Crippen LogP contribution in [0, 0.1) is 0 Å². The fraction of sp³-hybridized carbons (Fsp3) is 1.00. The van der Waals surface area contributed by atoms with E-state index in [2.05, 4.69) is 5.32 Å². The molecule has 2 aliphatic rings. The molecule has 2 rings (SSSR count).